The quantitative estimate of drug-likeness (QED) is 0.666. The fourth-order valence-electron chi connectivity index (χ4n) is 2.09. The summed E-state index contributed by atoms with van der Waals surface area (Å²) in [4.78, 5) is 0. The van der Waals surface area contributed by atoms with E-state index in [0.717, 1.165) is 15.8 Å². The molecule has 1 atom stereocenters. The number of amidine groups is 1. The van der Waals surface area contributed by atoms with Gasteiger partial charge in [-0.25, -0.2) is 0 Å². The first-order valence-electron chi connectivity index (χ1n) is 5.62. The van der Waals surface area contributed by atoms with Crippen LogP contribution in [0.3, 0.4) is 0 Å². The first kappa shape index (κ1) is 12.9. The number of nitrogens with one attached hydrogen (secondary N) is 1. The second kappa shape index (κ2) is 4.98. The van der Waals surface area contributed by atoms with Gasteiger partial charge in [0.1, 0.15) is 11.6 Å². The summed E-state index contributed by atoms with van der Waals surface area (Å²) in [6.07, 6.45) is 6.41. The maximum atomic E-state index is 7.90. The van der Waals surface area contributed by atoms with Crippen LogP contribution in [0, 0.1) is 5.41 Å². The molecule has 0 saturated carbocycles. The van der Waals surface area contributed by atoms with Crippen molar-refractivity contribution in [3.8, 4) is 0 Å². The maximum absolute atomic E-state index is 7.90. The second-order valence-corrected chi connectivity index (χ2v) is 5.16. The minimum atomic E-state index is -0.553. The van der Waals surface area contributed by atoms with E-state index in [1.165, 1.54) is 0 Å². The Kier molecular flexibility index (Phi) is 3.57. The SMILES string of the molecule is COC1=CCC(C(=N)N)(c2ccc(Br)cc2)C=C1. The molecule has 0 spiro atoms. The Morgan fingerprint density at radius 2 is 2.06 bits per heavy atom. The highest BCUT2D eigenvalue weighted by molar-refractivity contribution is 9.10. The van der Waals surface area contributed by atoms with Crippen LogP contribution < -0.4 is 5.73 Å². The Morgan fingerprint density at radius 3 is 2.50 bits per heavy atom. The molecule has 1 aliphatic rings. The first-order valence-corrected chi connectivity index (χ1v) is 6.42. The molecular weight excluding hydrogens is 292 g/mol. The third-order valence-corrected chi connectivity index (χ3v) is 3.76. The molecule has 0 aliphatic heterocycles. The lowest BCUT2D eigenvalue weighted by atomic mass is 9.74. The van der Waals surface area contributed by atoms with Gasteiger partial charge in [-0.3, -0.25) is 5.41 Å². The fourth-order valence-corrected chi connectivity index (χ4v) is 2.35. The molecule has 0 heterocycles. The molecule has 0 aromatic heterocycles. The van der Waals surface area contributed by atoms with Crippen LogP contribution in [0.15, 0.2) is 52.7 Å². The molecule has 1 aliphatic carbocycles. The standard InChI is InChI=1S/C14H15BrN2O/c1-18-12-6-8-14(9-7-12,13(16)17)10-2-4-11(15)5-3-10/h2-8H,9H2,1H3,(H3,16,17). The van der Waals surface area contributed by atoms with Crippen LogP contribution in [0.4, 0.5) is 0 Å². The Labute approximate surface area is 115 Å². The van der Waals surface area contributed by atoms with E-state index in [2.05, 4.69) is 15.9 Å². The largest absolute Gasteiger partial charge is 0.497 e. The normalized spacial score (nSPS) is 22.4. The van der Waals surface area contributed by atoms with Gasteiger partial charge in [-0.15, -0.1) is 0 Å². The minimum absolute atomic E-state index is 0.146. The molecule has 0 saturated heterocycles. The summed E-state index contributed by atoms with van der Waals surface area (Å²) in [5.41, 5.74) is 6.27. The third kappa shape index (κ3) is 2.20. The van der Waals surface area contributed by atoms with Crippen LogP contribution >= 0.6 is 15.9 Å². The molecule has 94 valence electrons. The van der Waals surface area contributed by atoms with E-state index >= 15 is 0 Å². The van der Waals surface area contributed by atoms with Gasteiger partial charge in [-0.1, -0.05) is 34.1 Å². The van der Waals surface area contributed by atoms with Gasteiger partial charge in [-0.2, -0.15) is 0 Å². The zero-order chi connectivity index (χ0) is 13.2. The second-order valence-electron chi connectivity index (χ2n) is 4.24. The summed E-state index contributed by atoms with van der Waals surface area (Å²) in [6.45, 7) is 0. The van der Waals surface area contributed by atoms with Crippen molar-refractivity contribution in [2.24, 2.45) is 5.73 Å². The first-order chi connectivity index (χ1) is 8.58. The number of methoxy groups -OCH3 is 1. The van der Waals surface area contributed by atoms with Crippen LogP contribution in [-0.2, 0) is 10.2 Å². The molecule has 0 amide bonds. The number of hydrogen-bond acceptors (Lipinski definition) is 2. The lowest BCUT2D eigenvalue weighted by Crippen LogP contribution is -2.39. The van der Waals surface area contributed by atoms with Crippen molar-refractivity contribution < 1.29 is 4.74 Å². The molecule has 0 fully saturated rings. The van der Waals surface area contributed by atoms with Gasteiger partial charge < -0.3 is 10.5 Å². The summed E-state index contributed by atoms with van der Waals surface area (Å²) in [5.74, 6) is 0.955. The molecule has 4 heteroatoms. The number of allylic oxidation sites excluding steroid dienone is 2. The van der Waals surface area contributed by atoms with E-state index < -0.39 is 5.41 Å². The Hall–Kier alpha value is -1.55. The van der Waals surface area contributed by atoms with Crippen LogP contribution in [0.2, 0.25) is 0 Å². The number of hydrogen-bond donors (Lipinski definition) is 2. The van der Waals surface area contributed by atoms with Gasteiger partial charge >= 0.3 is 0 Å². The van der Waals surface area contributed by atoms with Gasteiger partial charge in [0, 0.05) is 4.47 Å². The lowest BCUT2D eigenvalue weighted by Gasteiger charge is -2.31. The highest BCUT2D eigenvalue weighted by Gasteiger charge is 2.34. The summed E-state index contributed by atoms with van der Waals surface area (Å²) in [7, 11) is 1.64. The smallest absolute Gasteiger partial charge is 0.114 e. The van der Waals surface area contributed by atoms with E-state index in [1.807, 2.05) is 42.5 Å². The molecule has 2 rings (SSSR count). The van der Waals surface area contributed by atoms with Gasteiger partial charge in [0.2, 0.25) is 0 Å². The predicted octanol–water partition coefficient (Wildman–Crippen LogP) is 3.11. The fraction of sp³-hybridized carbons (Fsp3) is 0.214. The topological polar surface area (TPSA) is 59.1 Å². The average molecular weight is 307 g/mol. The lowest BCUT2D eigenvalue weighted by molar-refractivity contribution is 0.301. The van der Waals surface area contributed by atoms with Crippen LogP contribution in [0.1, 0.15) is 12.0 Å². The van der Waals surface area contributed by atoms with Gasteiger partial charge in [0.25, 0.3) is 0 Å². The number of ether oxygens (including phenoxy) is 1. The summed E-state index contributed by atoms with van der Waals surface area (Å²) in [6, 6.07) is 7.90. The van der Waals surface area contributed by atoms with Crippen molar-refractivity contribution >= 4 is 21.8 Å². The van der Waals surface area contributed by atoms with Crippen molar-refractivity contribution in [3.63, 3.8) is 0 Å². The number of halogens is 1. The Bertz CT molecular complexity index is 519. The summed E-state index contributed by atoms with van der Waals surface area (Å²) in [5, 5.41) is 7.90. The monoisotopic (exact) mass is 306 g/mol. The summed E-state index contributed by atoms with van der Waals surface area (Å²) >= 11 is 3.41. The molecule has 3 nitrogen and oxygen atoms in total. The van der Waals surface area contributed by atoms with Crippen molar-refractivity contribution in [2.75, 3.05) is 7.11 Å². The van der Waals surface area contributed by atoms with Crippen molar-refractivity contribution in [1.82, 2.24) is 0 Å². The minimum Gasteiger partial charge on any atom is -0.497 e. The van der Waals surface area contributed by atoms with E-state index in [9.17, 15) is 0 Å². The Balaban J connectivity index is 2.42. The molecule has 3 N–H and O–H groups in total. The maximum Gasteiger partial charge on any atom is 0.114 e. The third-order valence-electron chi connectivity index (χ3n) is 3.23. The van der Waals surface area contributed by atoms with Gasteiger partial charge in [0.15, 0.2) is 0 Å². The van der Waals surface area contributed by atoms with E-state index in [0.29, 0.717) is 6.42 Å². The number of benzene rings is 1. The van der Waals surface area contributed by atoms with Crippen LogP contribution in [-0.4, -0.2) is 12.9 Å². The molecular formula is C14H15BrN2O. The van der Waals surface area contributed by atoms with Crippen molar-refractivity contribution in [3.05, 3.63) is 58.3 Å². The average Bonchev–Trinajstić information content (AvgIpc) is 2.39. The number of nitrogens with two attached hydrogens (primary N) is 1. The highest BCUT2D eigenvalue weighted by Crippen LogP contribution is 2.34. The van der Waals surface area contributed by atoms with Crippen LogP contribution in [0.5, 0.6) is 0 Å². The highest BCUT2D eigenvalue weighted by atomic mass is 79.9. The summed E-state index contributed by atoms with van der Waals surface area (Å²) < 4.78 is 6.19. The molecule has 1 aromatic carbocycles. The zero-order valence-corrected chi connectivity index (χ0v) is 11.7. The zero-order valence-electron chi connectivity index (χ0n) is 10.1. The van der Waals surface area contributed by atoms with E-state index in [4.69, 9.17) is 15.9 Å². The van der Waals surface area contributed by atoms with Gasteiger partial charge in [0.05, 0.1) is 12.5 Å². The number of rotatable bonds is 3. The van der Waals surface area contributed by atoms with Crippen LogP contribution in [0.25, 0.3) is 0 Å². The predicted molar refractivity (Wildman–Crippen MR) is 76.6 cm³/mol. The van der Waals surface area contributed by atoms with E-state index in [1.54, 1.807) is 7.11 Å². The van der Waals surface area contributed by atoms with Gasteiger partial charge in [-0.05, 0) is 36.3 Å². The molecule has 18 heavy (non-hydrogen) atoms. The molecule has 0 bridgehead atoms. The van der Waals surface area contributed by atoms with Crippen molar-refractivity contribution in [1.29, 1.82) is 5.41 Å². The van der Waals surface area contributed by atoms with E-state index in [-0.39, 0.29) is 5.84 Å². The molecule has 0 radical (unpaired) electrons. The molecule has 1 aromatic rings. The Morgan fingerprint density at radius 1 is 1.39 bits per heavy atom. The van der Waals surface area contributed by atoms with Crippen molar-refractivity contribution in [2.45, 2.75) is 11.8 Å². The molecule has 1 unspecified atom stereocenters.